The molecule has 0 bridgehead atoms. The first-order chi connectivity index (χ1) is 11.3. The van der Waals surface area contributed by atoms with Crippen LogP contribution in [-0.4, -0.2) is 20.4 Å². The lowest BCUT2D eigenvalue weighted by molar-refractivity contribution is -0.137. The first-order valence-corrected chi connectivity index (χ1v) is 7.52. The normalized spacial score (nSPS) is 11.6. The quantitative estimate of drug-likeness (QED) is 0.569. The summed E-state index contributed by atoms with van der Waals surface area (Å²) >= 11 is 3.36. The van der Waals surface area contributed by atoms with Crippen molar-refractivity contribution in [3.63, 3.8) is 0 Å². The summed E-state index contributed by atoms with van der Waals surface area (Å²) < 4.78 is 48.8. The average molecular weight is 403 g/mol. The fourth-order valence-electron chi connectivity index (χ4n) is 1.96. The van der Waals surface area contributed by atoms with Gasteiger partial charge in [0, 0.05) is 10.0 Å². The standard InChI is InChI=1S/C16H14BrF3N2O2/c1-23-14-8-12(17)7-10(15(14)24-2)9-21-22-13-5-3-11(4-6-13)16(18,19)20/h3-9,22H,1-2H3/b21-9+. The lowest BCUT2D eigenvalue weighted by Gasteiger charge is -2.11. The molecule has 0 aliphatic rings. The van der Waals surface area contributed by atoms with Crippen molar-refractivity contribution in [1.29, 1.82) is 0 Å². The van der Waals surface area contributed by atoms with Gasteiger partial charge < -0.3 is 9.47 Å². The summed E-state index contributed by atoms with van der Waals surface area (Å²) in [4.78, 5) is 0. The number of rotatable bonds is 5. The number of nitrogens with zero attached hydrogens (tertiary/aromatic N) is 1. The number of alkyl halides is 3. The Kier molecular flexibility index (Phi) is 5.71. The van der Waals surface area contributed by atoms with Gasteiger partial charge in [-0.3, -0.25) is 5.43 Å². The second kappa shape index (κ2) is 7.57. The molecule has 0 aliphatic heterocycles. The highest BCUT2D eigenvalue weighted by molar-refractivity contribution is 9.10. The van der Waals surface area contributed by atoms with Gasteiger partial charge in [-0.15, -0.1) is 0 Å². The molecule has 0 radical (unpaired) electrons. The van der Waals surface area contributed by atoms with Crippen molar-refractivity contribution in [1.82, 2.24) is 0 Å². The Labute approximate surface area is 145 Å². The number of benzene rings is 2. The molecule has 0 aliphatic carbocycles. The Balaban J connectivity index is 2.16. The number of methoxy groups -OCH3 is 2. The van der Waals surface area contributed by atoms with Gasteiger partial charge >= 0.3 is 6.18 Å². The van der Waals surface area contributed by atoms with Crippen molar-refractivity contribution in [2.24, 2.45) is 5.10 Å². The maximum Gasteiger partial charge on any atom is 0.416 e. The van der Waals surface area contributed by atoms with Gasteiger partial charge in [0.15, 0.2) is 11.5 Å². The summed E-state index contributed by atoms with van der Waals surface area (Å²) in [5, 5.41) is 4.02. The van der Waals surface area contributed by atoms with Gasteiger partial charge in [-0.2, -0.15) is 18.3 Å². The molecule has 0 fully saturated rings. The Bertz CT molecular complexity index is 731. The van der Waals surface area contributed by atoms with Crippen molar-refractivity contribution in [2.45, 2.75) is 6.18 Å². The molecule has 2 rings (SSSR count). The molecule has 2 aromatic carbocycles. The van der Waals surface area contributed by atoms with Crippen molar-refractivity contribution in [3.8, 4) is 11.5 Å². The highest BCUT2D eigenvalue weighted by Crippen LogP contribution is 2.33. The third-order valence-electron chi connectivity index (χ3n) is 3.08. The molecule has 0 saturated carbocycles. The molecule has 0 atom stereocenters. The Hall–Kier alpha value is -2.22. The van der Waals surface area contributed by atoms with Gasteiger partial charge in [0.1, 0.15) is 0 Å². The van der Waals surface area contributed by atoms with E-state index in [4.69, 9.17) is 9.47 Å². The monoisotopic (exact) mass is 402 g/mol. The molecule has 4 nitrogen and oxygen atoms in total. The molecule has 0 heterocycles. The summed E-state index contributed by atoms with van der Waals surface area (Å²) in [6, 6.07) is 8.11. The predicted octanol–water partition coefficient (Wildman–Crippen LogP) is 4.93. The molecule has 2 aromatic rings. The van der Waals surface area contributed by atoms with Gasteiger partial charge in [0.05, 0.1) is 31.7 Å². The van der Waals surface area contributed by atoms with E-state index in [0.717, 1.165) is 16.6 Å². The molecule has 0 saturated heterocycles. The zero-order chi connectivity index (χ0) is 17.7. The van der Waals surface area contributed by atoms with E-state index in [1.807, 2.05) is 0 Å². The van der Waals surface area contributed by atoms with Gasteiger partial charge in [-0.1, -0.05) is 15.9 Å². The highest BCUT2D eigenvalue weighted by Gasteiger charge is 2.29. The minimum atomic E-state index is -4.36. The van der Waals surface area contributed by atoms with Crippen LogP contribution in [0.3, 0.4) is 0 Å². The third-order valence-corrected chi connectivity index (χ3v) is 3.54. The smallest absolute Gasteiger partial charge is 0.416 e. The fourth-order valence-corrected chi connectivity index (χ4v) is 2.42. The van der Waals surface area contributed by atoms with Crippen LogP contribution < -0.4 is 14.9 Å². The molecule has 1 N–H and O–H groups in total. The molecular weight excluding hydrogens is 389 g/mol. The van der Waals surface area contributed by atoms with Crippen LogP contribution in [0.2, 0.25) is 0 Å². The first-order valence-electron chi connectivity index (χ1n) is 6.73. The number of hydrogen-bond donors (Lipinski definition) is 1. The van der Waals surface area contributed by atoms with Gasteiger partial charge in [0.2, 0.25) is 0 Å². The minimum Gasteiger partial charge on any atom is -0.493 e. The lowest BCUT2D eigenvalue weighted by atomic mass is 10.2. The van der Waals surface area contributed by atoms with Crippen LogP contribution in [0.5, 0.6) is 11.5 Å². The van der Waals surface area contributed by atoms with E-state index in [1.165, 1.54) is 32.6 Å². The van der Waals surface area contributed by atoms with E-state index in [2.05, 4.69) is 26.5 Å². The maximum absolute atomic E-state index is 12.5. The zero-order valence-corrected chi connectivity index (χ0v) is 14.4. The SMILES string of the molecule is COc1cc(Br)cc(/C=N/Nc2ccc(C(F)(F)F)cc2)c1OC. The summed E-state index contributed by atoms with van der Waals surface area (Å²) in [6.07, 6.45) is -2.87. The van der Waals surface area contributed by atoms with Gasteiger partial charge in [-0.25, -0.2) is 0 Å². The summed E-state index contributed by atoms with van der Waals surface area (Å²) in [6.45, 7) is 0. The maximum atomic E-state index is 12.5. The zero-order valence-electron chi connectivity index (χ0n) is 12.8. The average Bonchev–Trinajstić information content (AvgIpc) is 2.54. The summed E-state index contributed by atoms with van der Waals surface area (Å²) in [7, 11) is 3.03. The van der Waals surface area contributed by atoms with Crippen LogP contribution in [0.25, 0.3) is 0 Å². The van der Waals surface area contributed by atoms with Crippen LogP contribution in [0, 0.1) is 0 Å². The second-order valence-electron chi connectivity index (χ2n) is 4.68. The van der Waals surface area contributed by atoms with Crippen LogP contribution in [-0.2, 0) is 6.18 Å². The van der Waals surface area contributed by atoms with Gasteiger partial charge in [0.25, 0.3) is 0 Å². The van der Waals surface area contributed by atoms with E-state index in [-0.39, 0.29) is 0 Å². The van der Waals surface area contributed by atoms with Crippen LogP contribution >= 0.6 is 15.9 Å². The molecule has 8 heteroatoms. The van der Waals surface area contributed by atoms with Crippen molar-refractivity contribution >= 4 is 27.8 Å². The van der Waals surface area contributed by atoms with E-state index in [1.54, 1.807) is 12.1 Å². The molecule has 0 unspecified atom stereocenters. The van der Waals surface area contributed by atoms with Crippen molar-refractivity contribution in [3.05, 3.63) is 52.0 Å². The Morgan fingerprint density at radius 1 is 1.08 bits per heavy atom. The number of hydrogen-bond acceptors (Lipinski definition) is 4. The molecule has 0 aromatic heterocycles. The molecule has 24 heavy (non-hydrogen) atoms. The number of hydrazone groups is 1. The third kappa shape index (κ3) is 4.41. The number of ether oxygens (including phenoxy) is 2. The minimum absolute atomic E-state index is 0.431. The first kappa shape index (κ1) is 18.1. The van der Waals surface area contributed by atoms with E-state index < -0.39 is 11.7 Å². The number of anilines is 1. The van der Waals surface area contributed by atoms with E-state index in [0.29, 0.717) is 22.7 Å². The van der Waals surface area contributed by atoms with Gasteiger partial charge in [-0.05, 0) is 36.4 Å². The number of nitrogens with one attached hydrogen (secondary N) is 1. The lowest BCUT2D eigenvalue weighted by Crippen LogP contribution is -2.04. The van der Waals surface area contributed by atoms with E-state index in [9.17, 15) is 13.2 Å². The van der Waals surface area contributed by atoms with E-state index >= 15 is 0 Å². The summed E-state index contributed by atoms with van der Waals surface area (Å²) in [5.41, 5.74) is 3.03. The predicted molar refractivity (Wildman–Crippen MR) is 89.9 cm³/mol. The molecule has 0 amide bonds. The Morgan fingerprint density at radius 3 is 2.29 bits per heavy atom. The molecule has 0 spiro atoms. The highest BCUT2D eigenvalue weighted by atomic mass is 79.9. The largest absolute Gasteiger partial charge is 0.493 e. The topological polar surface area (TPSA) is 42.8 Å². The Morgan fingerprint density at radius 2 is 1.75 bits per heavy atom. The van der Waals surface area contributed by atoms with Crippen LogP contribution in [0.15, 0.2) is 46.0 Å². The molecule has 128 valence electrons. The van der Waals surface area contributed by atoms with Crippen molar-refractivity contribution in [2.75, 3.05) is 19.6 Å². The van der Waals surface area contributed by atoms with Crippen LogP contribution in [0.4, 0.5) is 18.9 Å². The second-order valence-corrected chi connectivity index (χ2v) is 5.59. The summed E-state index contributed by atoms with van der Waals surface area (Å²) in [5.74, 6) is 1.03. The molecular formula is C16H14BrF3N2O2. The number of halogens is 4. The van der Waals surface area contributed by atoms with Crippen LogP contribution in [0.1, 0.15) is 11.1 Å². The fraction of sp³-hybridized carbons (Fsp3) is 0.188. The van der Waals surface area contributed by atoms with Crippen molar-refractivity contribution < 1.29 is 22.6 Å².